The van der Waals surface area contributed by atoms with E-state index in [1.54, 1.807) is 6.20 Å². The fourth-order valence-corrected chi connectivity index (χ4v) is 2.79. The average molecular weight is 442 g/mol. The molecule has 1 heterocycles. The number of aromatic hydroxyl groups is 1. The minimum atomic E-state index is -0.978. The summed E-state index contributed by atoms with van der Waals surface area (Å²) in [7, 11) is 0. The first-order valence-corrected chi connectivity index (χ1v) is 9.65. The first-order valence-electron chi connectivity index (χ1n) is 9.27. The molecule has 160 valence electrons. The van der Waals surface area contributed by atoms with Crippen LogP contribution < -0.4 is 10.7 Å². The van der Waals surface area contributed by atoms with E-state index < -0.39 is 18.0 Å². The lowest BCUT2D eigenvalue weighted by Gasteiger charge is -2.16. The number of amides is 2. The number of H-pyrrole nitrogens is 1. The summed E-state index contributed by atoms with van der Waals surface area (Å²) in [6.07, 6.45) is 3.66. The average Bonchev–Trinajstić information content (AvgIpc) is 3.28. The van der Waals surface area contributed by atoms with Crippen molar-refractivity contribution < 1.29 is 19.4 Å². The molecule has 0 saturated carbocycles. The number of halogens is 1. The summed E-state index contributed by atoms with van der Waals surface area (Å²) < 4.78 is 5.19. The van der Waals surface area contributed by atoms with Crippen molar-refractivity contribution in [3.63, 3.8) is 0 Å². The predicted octanol–water partition coefficient (Wildman–Crippen LogP) is 2.76. The van der Waals surface area contributed by atoms with Crippen molar-refractivity contribution >= 4 is 29.8 Å². The van der Waals surface area contributed by atoms with Crippen LogP contribution >= 0.6 is 11.6 Å². The van der Waals surface area contributed by atoms with Crippen molar-refractivity contribution in [2.75, 3.05) is 0 Å². The second kappa shape index (κ2) is 10.8. The van der Waals surface area contributed by atoms with Crippen molar-refractivity contribution in [2.24, 2.45) is 5.10 Å². The number of aromatic nitrogens is 2. The first kappa shape index (κ1) is 21.8. The Morgan fingerprint density at radius 3 is 2.81 bits per heavy atom. The fraction of sp³-hybridized carbons (Fsp3) is 0.143. The Morgan fingerprint density at radius 2 is 2.06 bits per heavy atom. The number of hydrazone groups is 1. The third kappa shape index (κ3) is 6.86. The van der Waals surface area contributed by atoms with Gasteiger partial charge in [-0.2, -0.15) is 5.10 Å². The monoisotopic (exact) mass is 441 g/mol. The van der Waals surface area contributed by atoms with E-state index >= 15 is 0 Å². The summed E-state index contributed by atoms with van der Waals surface area (Å²) in [5, 5.41) is 16.6. The molecule has 2 aromatic carbocycles. The molecular formula is C21H20ClN5O4. The van der Waals surface area contributed by atoms with E-state index in [2.05, 4.69) is 25.8 Å². The zero-order valence-electron chi connectivity index (χ0n) is 16.3. The van der Waals surface area contributed by atoms with E-state index in [4.69, 9.17) is 16.3 Å². The number of hydrogen-bond donors (Lipinski definition) is 4. The zero-order chi connectivity index (χ0) is 22.1. The van der Waals surface area contributed by atoms with Crippen LogP contribution in [-0.2, 0) is 22.6 Å². The molecule has 0 fully saturated rings. The van der Waals surface area contributed by atoms with Gasteiger partial charge in [0.2, 0.25) is 0 Å². The van der Waals surface area contributed by atoms with Crippen molar-refractivity contribution in [3.05, 3.63) is 82.9 Å². The summed E-state index contributed by atoms with van der Waals surface area (Å²) in [6, 6.07) is 12.6. The van der Waals surface area contributed by atoms with Gasteiger partial charge >= 0.3 is 6.09 Å². The Balaban J connectivity index is 1.61. The van der Waals surface area contributed by atoms with Crippen LogP contribution in [0.2, 0.25) is 5.02 Å². The van der Waals surface area contributed by atoms with Gasteiger partial charge in [0.1, 0.15) is 18.4 Å². The number of nitrogens with one attached hydrogen (secondary N) is 3. The minimum Gasteiger partial charge on any atom is -0.507 e. The summed E-state index contributed by atoms with van der Waals surface area (Å²) in [4.78, 5) is 31.6. The van der Waals surface area contributed by atoms with Crippen LogP contribution in [0.4, 0.5) is 4.79 Å². The largest absolute Gasteiger partial charge is 0.507 e. The smallest absolute Gasteiger partial charge is 0.408 e. The van der Waals surface area contributed by atoms with E-state index in [-0.39, 0.29) is 18.8 Å². The third-order valence-electron chi connectivity index (χ3n) is 4.17. The van der Waals surface area contributed by atoms with Crippen molar-refractivity contribution in [3.8, 4) is 5.75 Å². The molecule has 1 aromatic heterocycles. The quantitative estimate of drug-likeness (QED) is 0.315. The highest BCUT2D eigenvalue weighted by molar-refractivity contribution is 6.30. The Labute approximate surface area is 183 Å². The van der Waals surface area contributed by atoms with E-state index in [1.807, 2.05) is 30.3 Å². The van der Waals surface area contributed by atoms with Crippen LogP contribution in [0.1, 0.15) is 16.8 Å². The van der Waals surface area contributed by atoms with Gasteiger partial charge in [0.05, 0.1) is 12.5 Å². The van der Waals surface area contributed by atoms with Crippen molar-refractivity contribution in [1.82, 2.24) is 20.7 Å². The topological polar surface area (TPSA) is 129 Å². The van der Waals surface area contributed by atoms with Gasteiger partial charge in [-0.1, -0.05) is 41.9 Å². The molecule has 0 aliphatic carbocycles. The first-order chi connectivity index (χ1) is 15.0. The number of carbonyl (C=O) groups excluding carboxylic acids is 2. The number of alkyl carbamates (subject to hydrolysis) is 1. The Bertz CT molecular complexity index is 1040. The minimum absolute atomic E-state index is 0.0426. The summed E-state index contributed by atoms with van der Waals surface area (Å²) >= 11 is 5.89. The summed E-state index contributed by atoms with van der Waals surface area (Å²) in [6.45, 7) is 0.0667. The third-order valence-corrected chi connectivity index (χ3v) is 4.40. The molecule has 31 heavy (non-hydrogen) atoms. The summed E-state index contributed by atoms with van der Waals surface area (Å²) in [5.74, 6) is -0.622. The molecule has 3 aromatic rings. The normalized spacial score (nSPS) is 11.8. The van der Waals surface area contributed by atoms with Crippen LogP contribution in [0.25, 0.3) is 0 Å². The standard InChI is InChI=1S/C21H20ClN5O4/c22-16-6-7-19(28)15(8-16)10-25-27-20(29)18(9-17-11-23-13-24-17)26-21(30)31-12-14-4-2-1-3-5-14/h1-8,10-11,13,18,28H,9,12H2,(H,23,24)(H,26,30)(H,27,29)/b25-10-/t18-/m0/s1. The van der Waals surface area contributed by atoms with Gasteiger partial charge < -0.3 is 20.1 Å². The molecule has 0 aliphatic heterocycles. The van der Waals surface area contributed by atoms with Gasteiger partial charge in [0.25, 0.3) is 5.91 Å². The number of benzene rings is 2. The molecule has 0 radical (unpaired) electrons. The van der Waals surface area contributed by atoms with Crippen LogP contribution in [0, 0.1) is 0 Å². The van der Waals surface area contributed by atoms with Crippen LogP contribution in [0.3, 0.4) is 0 Å². The Hall–Kier alpha value is -3.85. The molecular weight excluding hydrogens is 422 g/mol. The number of phenols is 1. The van der Waals surface area contributed by atoms with E-state index in [9.17, 15) is 14.7 Å². The van der Waals surface area contributed by atoms with Gasteiger partial charge in [-0.15, -0.1) is 0 Å². The molecule has 0 saturated heterocycles. The van der Waals surface area contributed by atoms with Gasteiger partial charge in [-0.05, 0) is 23.8 Å². The number of carbonyl (C=O) groups is 2. The predicted molar refractivity (Wildman–Crippen MR) is 115 cm³/mol. The maximum Gasteiger partial charge on any atom is 0.408 e. The van der Waals surface area contributed by atoms with E-state index in [1.165, 1.54) is 30.7 Å². The van der Waals surface area contributed by atoms with Crippen molar-refractivity contribution in [2.45, 2.75) is 19.1 Å². The molecule has 0 unspecified atom stereocenters. The lowest BCUT2D eigenvalue weighted by molar-refractivity contribution is -0.123. The molecule has 0 aliphatic rings. The van der Waals surface area contributed by atoms with Gasteiger partial charge in [-0.3, -0.25) is 4.79 Å². The van der Waals surface area contributed by atoms with Crippen LogP contribution in [0.15, 0.2) is 66.2 Å². The number of ether oxygens (including phenoxy) is 1. The molecule has 9 nitrogen and oxygen atoms in total. The highest BCUT2D eigenvalue weighted by Gasteiger charge is 2.22. The highest BCUT2D eigenvalue weighted by Crippen LogP contribution is 2.19. The summed E-state index contributed by atoms with van der Waals surface area (Å²) in [5.41, 5.74) is 4.12. The fourth-order valence-electron chi connectivity index (χ4n) is 2.60. The molecule has 10 heteroatoms. The molecule has 2 amide bonds. The molecule has 3 rings (SSSR count). The lowest BCUT2D eigenvalue weighted by atomic mass is 10.1. The molecule has 0 spiro atoms. The zero-order valence-corrected chi connectivity index (χ0v) is 17.0. The van der Waals surface area contributed by atoms with Gasteiger partial charge in [0, 0.05) is 28.9 Å². The SMILES string of the molecule is O=C(N[C@@H](Cc1cnc[nH]1)C(=O)N/N=C\c1cc(Cl)ccc1O)OCc1ccccc1. The second-order valence-electron chi connectivity index (χ2n) is 6.48. The number of hydrogen-bond acceptors (Lipinski definition) is 6. The Kier molecular flexibility index (Phi) is 7.61. The number of rotatable bonds is 8. The maximum absolute atomic E-state index is 12.6. The van der Waals surface area contributed by atoms with Gasteiger partial charge in [-0.25, -0.2) is 15.2 Å². The highest BCUT2D eigenvalue weighted by atomic mass is 35.5. The van der Waals surface area contributed by atoms with E-state index in [0.29, 0.717) is 16.3 Å². The van der Waals surface area contributed by atoms with Crippen LogP contribution in [-0.4, -0.2) is 39.3 Å². The van der Waals surface area contributed by atoms with Crippen molar-refractivity contribution in [1.29, 1.82) is 0 Å². The van der Waals surface area contributed by atoms with E-state index in [0.717, 1.165) is 5.56 Å². The number of aromatic amines is 1. The number of phenolic OH excluding ortho intramolecular Hbond substituents is 1. The lowest BCUT2D eigenvalue weighted by Crippen LogP contribution is -2.47. The number of imidazole rings is 1. The Morgan fingerprint density at radius 1 is 1.26 bits per heavy atom. The molecule has 1 atom stereocenters. The number of nitrogens with zero attached hydrogens (tertiary/aromatic N) is 2. The maximum atomic E-state index is 12.6. The molecule has 0 bridgehead atoms. The van der Waals surface area contributed by atoms with Gasteiger partial charge in [0.15, 0.2) is 0 Å². The second-order valence-corrected chi connectivity index (χ2v) is 6.91. The van der Waals surface area contributed by atoms with Crippen LogP contribution in [0.5, 0.6) is 5.75 Å². The molecule has 4 N–H and O–H groups in total.